The van der Waals surface area contributed by atoms with E-state index in [-0.39, 0.29) is 51.9 Å². The average Bonchev–Trinajstić information content (AvgIpc) is 3.66. The minimum Gasteiger partial charge on any atom is -0.361 e. The number of rotatable bonds is 5. The summed E-state index contributed by atoms with van der Waals surface area (Å²) in [5.41, 5.74) is 0.483. The topological polar surface area (TPSA) is 72.3 Å². The Hall–Kier alpha value is -3.77. The third-order valence-corrected chi connectivity index (χ3v) is 8.81. The van der Waals surface area contributed by atoms with E-state index in [4.69, 9.17) is 11.6 Å². The molecule has 0 bridgehead atoms. The van der Waals surface area contributed by atoms with Gasteiger partial charge in [-0.25, -0.2) is 18.2 Å². The van der Waals surface area contributed by atoms with Crippen molar-refractivity contribution in [2.75, 3.05) is 29.9 Å². The van der Waals surface area contributed by atoms with E-state index in [0.29, 0.717) is 35.9 Å². The molecule has 3 atom stereocenters. The smallest absolute Gasteiger partial charge is 0.226 e. The van der Waals surface area contributed by atoms with Crippen LogP contribution in [0.3, 0.4) is 0 Å². The molecule has 2 aromatic carbocycles. The molecule has 1 aromatic heterocycles. The molecule has 1 amide bonds. The van der Waals surface area contributed by atoms with Gasteiger partial charge >= 0.3 is 0 Å². The lowest BCUT2D eigenvalue weighted by molar-refractivity contribution is -0.136. The van der Waals surface area contributed by atoms with Crippen LogP contribution in [0.4, 0.5) is 30.4 Å². The second-order valence-corrected chi connectivity index (χ2v) is 11.7. The molecule has 6 rings (SSSR count). The van der Waals surface area contributed by atoms with Gasteiger partial charge in [-0.05, 0) is 49.9 Å². The minimum atomic E-state index is -1.21. The summed E-state index contributed by atoms with van der Waals surface area (Å²) in [4.78, 5) is 20.3. The molecular formula is C34H39ClF3N5O. The monoisotopic (exact) mass is 625 g/mol. The molecule has 3 aliphatic rings. The zero-order chi connectivity index (χ0) is 32.5. The van der Waals surface area contributed by atoms with Crippen LogP contribution in [0.5, 0.6) is 0 Å². The van der Waals surface area contributed by atoms with Gasteiger partial charge in [0.15, 0.2) is 11.6 Å². The van der Waals surface area contributed by atoms with Crippen molar-refractivity contribution in [2.24, 2.45) is 11.8 Å². The first-order valence-electron chi connectivity index (χ1n) is 15.2. The second-order valence-electron chi connectivity index (χ2n) is 11.3. The molecule has 234 valence electrons. The summed E-state index contributed by atoms with van der Waals surface area (Å²) in [6.45, 7) is 14.5. The van der Waals surface area contributed by atoms with Crippen LogP contribution in [0.2, 0.25) is 5.02 Å². The predicted molar refractivity (Wildman–Crippen MR) is 169 cm³/mol. The zero-order valence-electron chi connectivity index (χ0n) is 26.2. The van der Waals surface area contributed by atoms with Crippen molar-refractivity contribution in [3.05, 3.63) is 81.3 Å². The molecule has 6 nitrogen and oxygen atoms in total. The van der Waals surface area contributed by atoms with Gasteiger partial charge in [-0.1, -0.05) is 58.4 Å². The van der Waals surface area contributed by atoms with Gasteiger partial charge in [0.1, 0.15) is 17.7 Å². The van der Waals surface area contributed by atoms with E-state index in [2.05, 4.69) is 17.2 Å². The van der Waals surface area contributed by atoms with Crippen LogP contribution >= 0.6 is 11.6 Å². The van der Waals surface area contributed by atoms with Crippen LogP contribution in [-0.2, 0) is 10.2 Å². The van der Waals surface area contributed by atoms with Gasteiger partial charge in [0.2, 0.25) is 5.91 Å². The van der Waals surface area contributed by atoms with E-state index < -0.39 is 22.9 Å². The van der Waals surface area contributed by atoms with Crippen molar-refractivity contribution >= 4 is 34.7 Å². The third kappa shape index (κ3) is 5.72. The number of likely N-dealkylation sites (tertiary alicyclic amines) is 1. The second kappa shape index (κ2) is 13.1. The lowest BCUT2D eigenvalue weighted by atomic mass is 9.77. The molecule has 2 fully saturated rings. The Labute approximate surface area is 262 Å². The highest BCUT2D eigenvalue weighted by Crippen LogP contribution is 2.51. The van der Waals surface area contributed by atoms with E-state index >= 15 is 8.78 Å². The standard InChI is InChI=1S/C30H27ClF3N5O.2C2H6/c1-15-8-19(15)29(40)38-12-18(13-38)37-28-27(34)25-24(11-36-28)39(23-9-22(32)17(10-35)7-16(23)2)14-30(25,3)20-5-4-6-21(31)26(20)33;2*1-2/h4-7,9,11,15,18-19H,8,12-14H2,1-3H3,(H,36,37);2*1-2H3/t15?,19?,30-;;/m1../s1. The quantitative estimate of drug-likeness (QED) is 0.310. The predicted octanol–water partition coefficient (Wildman–Crippen LogP) is 8.12. The number of aromatic nitrogens is 1. The molecule has 3 aromatic rings. The molecule has 44 heavy (non-hydrogen) atoms. The maximum absolute atomic E-state index is 16.4. The molecule has 0 spiro atoms. The van der Waals surface area contributed by atoms with Crippen molar-refractivity contribution in [3.63, 3.8) is 0 Å². The fourth-order valence-electron chi connectivity index (χ4n) is 6.04. The Morgan fingerprint density at radius 2 is 1.77 bits per heavy atom. The van der Waals surface area contributed by atoms with Crippen LogP contribution in [0, 0.1) is 47.5 Å². The van der Waals surface area contributed by atoms with E-state index in [0.717, 1.165) is 6.42 Å². The SMILES string of the molecule is CC.CC.Cc1cc(C#N)c(F)cc1N1C[C@](C)(c2cccc(Cl)c2F)c2c1cnc(NC1CN(C(=O)C3CC3C)C1)c2F. The fraction of sp³-hybridized carbons (Fsp3) is 0.441. The average molecular weight is 626 g/mol. The van der Waals surface area contributed by atoms with Crippen LogP contribution < -0.4 is 10.2 Å². The van der Waals surface area contributed by atoms with E-state index in [9.17, 15) is 14.4 Å². The number of benzene rings is 2. The minimum absolute atomic E-state index is 0.00822. The molecule has 2 unspecified atom stereocenters. The zero-order valence-corrected chi connectivity index (χ0v) is 27.0. The summed E-state index contributed by atoms with van der Waals surface area (Å²) >= 11 is 6.14. The number of nitrogens with one attached hydrogen (secondary N) is 1. The Balaban J connectivity index is 0.00000106. The van der Waals surface area contributed by atoms with Crippen molar-refractivity contribution < 1.29 is 18.0 Å². The highest BCUT2D eigenvalue weighted by molar-refractivity contribution is 6.30. The Morgan fingerprint density at radius 3 is 2.39 bits per heavy atom. The Morgan fingerprint density at radius 1 is 1.11 bits per heavy atom. The number of pyridine rings is 1. The number of aryl methyl sites for hydroxylation is 1. The molecule has 10 heteroatoms. The van der Waals surface area contributed by atoms with E-state index in [1.54, 1.807) is 35.8 Å². The molecule has 3 heterocycles. The van der Waals surface area contributed by atoms with E-state index in [1.807, 2.05) is 33.8 Å². The van der Waals surface area contributed by atoms with Gasteiger partial charge in [-0.15, -0.1) is 0 Å². The number of carbonyl (C=O) groups excluding carboxylic acids is 1. The van der Waals surface area contributed by atoms with Gasteiger partial charge in [-0.3, -0.25) is 4.79 Å². The molecule has 1 N–H and O–H groups in total. The maximum atomic E-state index is 16.4. The highest BCUT2D eigenvalue weighted by atomic mass is 35.5. The summed E-state index contributed by atoms with van der Waals surface area (Å²) < 4.78 is 46.6. The number of fused-ring (bicyclic) bond motifs is 1. The highest BCUT2D eigenvalue weighted by Gasteiger charge is 2.48. The van der Waals surface area contributed by atoms with Crippen molar-refractivity contribution in [1.82, 2.24) is 9.88 Å². The lowest BCUT2D eigenvalue weighted by Crippen LogP contribution is -2.57. The summed E-state index contributed by atoms with van der Waals surface area (Å²) in [5, 5.41) is 12.3. The number of carbonyl (C=O) groups is 1. The first-order chi connectivity index (χ1) is 21.0. The number of hydrogen-bond acceptors (Lipinski definition) is 5. The van der Waals surface area contributed by atoms with Crippen LogP contribution in [0.25, 0.3) is 0 Å². The molecule has 1 aliphatic carbocycles. The summed E-state index contributed by atoms with van der Waals surface area (Å²) in [6.07, 6.45) is 2.41. The van der Waals surface area contributed by atoms with Gasteiger partial charge in [0.25, 0.3) is 0 Å². The summed E-state index contributed by atoms with van der Waals surface area (Å²) in [7, 11) is 0. The first kappa shape index (κ1) is 33.1. The molecule has 0 radical (unpaired) electrons. The number of amides is 1. The van der Waals surface area contributed by atoms with Crippen molar-refractivity contribution in [3.8, 4) is 6.07 Å². The van der Waals surface area contributed by atoms with Crippen molar-refractivity contribution in [1.29, 1.82) is 5.26 Å². The van der Waals surface area contributed by atoms with Crippen LogP contribution in [0.15, 0.2) is 36.5 Å². The number of hydrogen-bond donors (Lipinski definition) is 1. The van der Waals surface area contributed by atoms with Crippen LogP contribution in [-0.4, -0.2) is 41.5 Å². The number of halogens is 4. The summed E-state index contributed by atoms with van der Waals surface area (Å²) in [5.74, 6) is -1.36. The molecular weight excluding hydrogens is 587 g/mol. The normalized spacial score (nSPS) is 21.6. The van der Waals surface area contributed by atoms with Gasteiger partial charge in [0.05, 0.1) is 28.5 Å². The number of nitriles is 1. The van der Waals surface area contributed by atoms with Gasteiger partial charge < -0.3 is 15.1 Å². The molecule has 1 saturated carbocycles. The lowest BCUT2D eigenvalue weighted by Gasteiger charge is -2.40. The number of nitrogens with zero attached hydrogens (tertiary/aromatic N) is 4. The third-order valence-electron chi connectivity index (χ3n) is 8.52. The van der Waals surface area contributed by atoms with Gasteiger partial charge in [0, 0.05) is 47.8 Å². The fourth-order valence-corrected chi connectivity index (χ4v) is 6.22. The Bertz CT molecular complexity index is 1600. The van der Waals surface area contributed by atoms with Crippen molar-refractivity contribution in [2.45, 2.75) is 66.3 Å². The van der Waals surface area contributed by atoms with Crippen LogP contribution in [0.1, 0.15) is 70.2 Å². The molecule has 1 saturated heterocycles. The molecule has 2 aliphatic heterocycles. The maximum Gasteiger partial charge on any atom is 0.226 e. The Kier molecular flexibility index (Phi) is 9.84. The van der Waals surface area contributed by atoms with E-state index in [1.165, 1.54) is 24.4 Å². The van der Waals surface area contributed by atoms with Gasteiger partial charge in [-0.2, -0.15) is 5.26 Å². The summed E-state index contributed by atoms with van der Waals surface area (Å²) in [6, 6.07) is 8.95. The first-order valence-corrected chi connectivity index (χ1v) is 15.6. The number of anilines is 3. The largest absolute Gasteiger partial charge is 0.361 e.